The molecule has 0 radical (unpaired) electrons. The van der Waals surface area contributed by atoms with E-state index >= 15 is 0 Å². The molecule has 1 unspecified atom stereocenters. The molecule has 9 heteroatoms. The highest BCUT2D eigenvalue weighted by molar-refractivity contribution is 9.10. The summed E-state index contributed by atoms with van der Waals surface area (Å²) in [5.41, 5.74) is 10.3. The van der Waals surface area contributed by atoms with Crippen LogP contribution in [0.2, 0.25) is 0 Å². The van der Waals surface area contributed by atoms with E-state index in [4.69, 9.17) is 15.5 Å². The minimum absolute atomic E-state index is 0.0337. The molecule has 1 saturated heterocycles. The van der Waals surface area contributed by atoms with Gasteiger partial charge in [-0.1, -0.05) is 6.92 Å². The second kappa shape index (κ2) is 8.73. The number of nitrogens with two attached hydrogens (primary N) is 1. The number of hydrogen-bond donors (Lipinski definition) is 2. The van der Waals surface area contributed by atoms with Gasteiger partial charge in [-0.15, -0.1) is 0 Å². The van der Waals surface area contributed by atoms with Gasteiger partial charge in [-0.2, -0.15) is 9.61 Å². The zero-order valence-corrected chi connectivity index (χ0v) is 19.3. The fraction of sp³-hybridized carbons (Fsp3) is 0.348. The van der Waals surface area contributed by atoms with Crippen LogP contribution in [0.1, 0.15) is 37.9 Å². The maximum absolute atomic E-state index is 13.7. The summed E-state index contributed by atoms with van der Waals surface area (Å²) in [6, 6.07) is 6.87. The number of nitrogens with one attached hydrogen (secondary N) is 1. The van der Waals surface area contributed by atoms with Gasteiger partial charge in [0.2, 0.25) is 0 Å². The van der Waals surface area contributed by atoms with Crippen LogP contribution >= 0.6 is 15.9 Å². The monoisotopic (exact) mass is 498 g/mol. The molecule has 7 nitrogen and oxygen atoms in total. The number of anilines is 1. The Balaban J connectivity index is 1.59. The van der Waals surface area contributed by atoms with E-state index in [1.54, 1.807) is 23.0 Å². The van der Waals surface area contributed by atoms with E-state index in [1.165, 1.54) is 12.1 Å². The van der Waals surface area contributed by atoms with Crippen LogP contribution in [0.3, 0.4) is 0 Å². The number of pyridine rings is 1. The van der Waals surface area contributed by atoms with Gasteiger partial charge in [0, 0.05) is 42.0 Å². The standard InChI is InChI=1S/C23H24BrFN6O/c1-2-18(29-16-5-7-32-8-6-16)21-20(24)22(26)31-23(30-21)17(12-28-31)14-9-13-10-15(25)3-4-19(13)27-11-14/h3-4,9-12,16,18,29H,2,5-8,26H2,1H3. The molecule has 0 amide bonds. The number of benzene rings is 1. The Bertz CT molecular complexity index is 1290. The van der Waals surface area contributed by atoms with E-state index in [0.29, 0.717) is 17.5 Å². The van der Waals surface area contributed by atoms with E-state index in [0.717, 1.165) is 64.7 Å². The SMILES string of the molecule is CCC(NC1CCOCC1)c1nc2c(-c3cnc4ccc(F)cc4c3)cnn2c(N)c1Br. The first-order chi connectivity index (χ1) is 15.5. The summed E-state index contributed by atoms with van der Waals surface area (Å²) >= 11 is 3.65. The quantitative estimate of drug-likeness (QED) is 0.416. The van der Waals surface area contributed by atoms with Gasteiger partial charge < -0.3 is 15.8 Å². The molecule has 0 aliphatic carbocycles. The van der Waals surface area contributed by atoms with E-state index in [9.17, 15) is 4.39 Å². The lowest BCUT2D eigenvalue weighted by Gasteiger charge is -2.28. The van der Waals surface area contributed by atoms with Gasteiger partial charge in [-0.05, 0) is 59.5 Å². The number of nitrogens with zero attached hydrogens (tertiary/aromatic N) is 4. The topological polar surface area (TPSA) is 90.4 Å². The third-order valence-corrected chi connectivity index (χ3v) is 6.81. The van der Waals surface area contributed by atoms with Gasteiger partial charge >= 0.3 is 0 Å². The van der Waals surface area contributed by atoms with E-state index in [1.807, 2.05) is 6.07 Å². The third-order valence-electron chi connectivity index (χ3n) is 6.00. The molecule has 1 atom stereocenters. The first kappa shape index (κ1) is 21.2. The summed E-state index contributed by atoms with van der Waals surface area (Å²) in [5.74, 6) is 0.193. The predicted molar refractivity (Wildman–Crippen MR) is 126 cm³/mol. The summed E-state index contributed by atoms with van der Waals surface area (Å²) in [6.07, 6.45) is 6.30. The third kappa shape index (κ3) is 3.85. The molecule has 1 aromatic carbocycles. The molecule has 3 N–H and O–H groups in total. The van der Waals surface area contributed by atoms with Crippen LogP contribution in [-0.2, 0) is 4.74 Å². The van der Waals surface area contributed by atoms with Crippen molar-refractivity contribution in [3.05, 3.63) is 52.6 Å². The molecule has 0 saturated carbocycles. The molecule has 0 spiro atoms. The van der Waals surface area contributed by atoms with Crippen LogP contribution in [-0.4, -0.2) is 38.8 Å². The summed E-state index contributed by atoms with van der Waals surface area (Å²) in [7, 11) is 0. The molecule has 4 aromatic rings. The highest BCUT2D eigenvalue weighted by Gasteiger charge is 2.24. The van der Waals surface area contributed by atoms with Gasteiger partial charge in [-0.25, -0.2) is 9.37 Å². The minimum Gasteiger partial charge on any atom is -0.383 e. The number of hydrogen-bond acceptors (Lipinski definition) is 6. The van der Waals surface area contributed by atoms with Gasteiger partial charge in [0.15, 0.2) is 5.65 Å². The molecule has 32 heavy (non-hydrogen) atoms. The maximum atomic E-state index is 13.7. The average Bonchev–Trinajstić information content (AvgIpc) is 3.24. The molecule has 1 fully saturated rings. The van der Waals surface area contributed by atoms with Crippen molar-refractivity contribution in [3.63, 3.8) is 0 Å². The van der Waals surface area contributed by atoms with E-state index in [2.05, 4.69) is 38.3 Å². The van der Waals surface area contributed by atoms with Crippen LogP contribution in [0.4, 0.5) is 10.2 Å². The largest absolute Gasteiger partial charge is 0.383 e. The normalized spacial score (nSPS) is 16.1. The highest BCUT2D eigenvalue weighted by Crippen LogP contribution is 2.34. The second-order valence-corrected chi connectivity index (χ2v) is 8.86. The van der Waals surface area contributed by atoms with Crippen molar-refractivity contribution in [3.8, 4) is 11.1 Å². The van der Waals surface area contributed by atoms with Crippen molar-refractivity contribution in [2.24, 2.45) is 0 Å². The first-order valence-electron chi connectivity index (χ1n) is 10.8. The zero-order valence-electron chi connectivity index (χ0n) is 17.7. The van der Waals surface area contributed by atoms with Gasteiger partial charge in [-0.3, -0.25) is 4.98 Å². The van der Waals surface area contributed by atoms with Crippen LogP contribution in [0.25, 0.3) is 27.7 Å². The molecule has 1 aliphatic rings. The fourth-order valence-corrected chi connectivity index (χ4v) is 4.77. The Morgan fingerprint density at radius 2 is 2.09 bits per heavy atom. The average molecular weight is 499 g/mol. The van der Waals surface area contributed by atoms with Crippen molar-refractivity contribution < 1.29 is 9.13 Å². The number of halogens is 2. The van der Waals surface area contributed by atoms with Crippen molar-refractivity contribution in [2.45, 2.75) is 38.3 Å². The number of nitrogen functional groups attached to an aromatic ring is 1. The van der Waals surface area contributed by atoms with Gasteiger partial charge in [0.05, 0.1) is 27.9 Å². The van der Waals surface area contributed by atoms with Crippen molar-refractivity contribution in [1.82, 2.24) is 24.9 Å². The maximum Gasteiger partial charge on any atom is 0.165 e. The van der Waals surface area contributed by atoms with Crippen LogP contribution in [0.15, 0.2) is 41.1 Å². The van der Waals surface area contributed by atoms with Crippen molar-refractivity contribution >= 4 is 38.3 Å². The molecule has 1 aliphatic heterocycles. The first-order valence-corrected chi connectivity index (χ1v) is 11.6. The summed E-state index contributed by atoms with van der Waals surface area (Å²) in [4.78, 5) is 9.46. The van der Waals surface area contributed by atoms with E-state index in [-0.39, 0.29) is 11.9 Å². The molecular weight excluding hydrogens is 475 g/mol. The molecule has 5 rings (SSSR count). The molecule has 3 aromatic heterocycles. The lowest BCUT2D eigenvalue weighted by atomic mass is 10.0. The Hall–Kier alpha value is -2.62. The highest BCUT2D eigenvalue weighted by atomic mass is 79.9. The molecule has 4 heterocycles. The second-order valence-electron chi connectivity index (χ2n) is 8.07. The zero-order chi connectivity index (χ0) is 22.2. The van der Waals surface area contributed by atoms with Crippen LogP contribution in [0, 0.1) is 5.82 Å². The van der Waals surface area contributed by atoms with Crippen LogP contribution in [0.5, 0.6) is 0 Å². The fourth-order valence-electron chi connectivity index (χ4n) is 4.24. The predicted octanol–water partition coefficient (Wildman–Crippen LogP) is 4.65. The lowest BCUT2D eigenvalue weighted by molar-refractivity contribution is 0.0745. The summed E-state index contributed by atoms with van der Waals surface area (Å²) < 4.78 is 21.6. The Morgan fingerprint density at radius 3 is 2.88 bits per heavy atom. The van der Waals surface area contributed by atoms with Gasteiger partial charge in [0.25, 0.3) is 0 Å². The number of rotatable bonds is 5. The van der Waals surface area contributed by atoms with Gasteiger partial charge in [0.1, 0.15) is 11.6 Å². The Morgan fingerprint density at radius 1 is 1.28 bits per heavy atom. The lowest BCUT2D eigenvalue weighted by Crippen LogP contribution is -2.37. The molecular formula is C23H24BrFN6O. The Kier molecular flexibility index (Phi) is 5.79. The van der Waals surface area contributed by atoms with E-state index < -0.39 is 0 Å². The number of ether oxygens (including phenoxy) is 1. The number of fused-ring (bicyclic) bond motifs is 2. The summed E-state index contributed by atoms with van der Waals surface area (Å²) in [6.45, 7) is 3.67. The minimum atomic E-state index is -0.296. The smallest absolute Gasteiger partial charge is 0.165 e. The van der Waals surface area contributed by atoms with Crippen molar-refractivity contribution in [1.29, 1.82) is 0 Å². The molecule has 0 bridgehead atoms. The molecule has 166 valence electrons. The summed E-state index contributed by atoms with van der Waals surface area (Å²) in [5, 5.41) is 8.90. The number of aromatic nitrogens is 4. The Labute approximate surface area is 193 Å². The van der Waals surface area contributed by atoms with Crippen molar-refractivity contribution in [2.75, 3.05) is 18.9 Å². The van der Waals surface area contributed by atoms with Crippen LogP contribution < -0.4 is 11.1 Å².